The van der Waals surface area contributed by atoms with Crippen molar-refractivity contribution in [2.24, 2.45) is 11.8 Å². The fourth-order valence-electron chi connectivity index (χ4n) is 7.96. The number of nitrogens with zero attached hydrogens (tertiary/aromatic N) is 2. The number of esters is 1. The van der Waals surface area contributed by atoms with Crippen LogP contribution in [0.15, 0.2) is 73.8 Å². The number of likely N-dealkylation sites (tertiary alicyclic amines) is 1. The first-order chi connectivity index (χ1) is 24.5. The first kappa shape index (κ1) is 38.7. The van der Waals surface area contributed by atoms with E-state index in [1.165, 1.54) is 0 Å². The Morgan fingerprint density at radius 2 is 1.90 bits per heavy atom. The molecule has 3 fully saturated rings. The molecule has 3 saturated heterocycles. The molecule has 2 N–H and O–H groups in total. The third kappa shape index (κ3) is 7.68. The molecule has 2 aromatic rings. The number of para-hydroxylation sites is 1. The van der Waals surface area contributed by atoms with Crippen molar-refractivity contribution in [3.8, 4) is 0 Å². The van der Waals surface area contributed by atoms with Crippen molar-refractivity contribution in [1.29, 1.82) is 0 Å². The van der Waals surface area contributed by atoms with Crippen molar-refractivity contribution >= 4 is 56.9 Å². The lowest BCUT2D eigenvalue weighted by molar-refractivity contribution is -0.162. The molecule has 0 aromatic heterocycles. The van der Waals surface area contributed by atoms with Crippen LogP contribution in [0.3, 0.4) is 0 Å². The molecular weight excluding hydrogens is 738 g/mol. The molecule has 1 spiro atoms. The minimum absolute atomic E-state index is 0.0153. The molecule has 3 amide bonds. The lowest BCUT2D eigenvalue weighted by Gasteiger charge is -2.37. The molecule has 274 valence electrons. The maximum absolute atomic E-state index is 15.0. The number of halogens is 2. The van der Waals surface area contributed by atoms with Gasteiger partial charge in [0.05, 0.1) is 34.7 Å². The number of ether oxygens (including phenoxy) is 2. The van der Waals surface area contributed by atoms with E-state index in [9.17, 15) is 24.3 Å². The minimum atomic E-state index is -1.32. The number of hydrogen-bond acceptors (Lipinski definition) is 7. The van der Waals surface area contributed by atoms with Crippen LogP contribution < -0.4 is 10.2 Å². The molecule has 1 unspecified atom stereocenters. The van der Waals surface area contributed by atoms with Crippen LogP contribution in [0.25, 0.3) is 0 Å². The summed E-state index contributed by atoms with van der Waals surface area (Å²) in [7, 11) is 0. The minimum Gasteiger partial charge on any atom is -0.455 e. The summed E-state index contributed by atoms with van der Waals surface area (Å²) >= 11 is 10.4. The van der Waals surface area contributed by atoms with Gasteiger partial charge in [0, 0.05) is 30.9 Å². The Labute approximate surface area is 313 Å². The zero-order valence-electron chi connectivity index (χ0n) is 29.1. The first-order valence-electron chi connectivity index (χ1n) is 17.6. The van der Waals surface area contributed by atoms with Gasteiger partial charge in [0.1, 0.15) is 17.7 Å². The van der Waals surface area contributed by atoms with Crippen molar-refractivity contribution in [3.63, 3.8) is 0 Å². The lowest BCUT2D eigenvalue weighted by atomic mass is 9.70. The van der Waals surface area contributed by atoms with Gasteiger partial charge in [0.25, 0.3) is 5.91 Å². The molecule has 5 rings (SSSR count). The molecule has 51 heavy (non-hydrogen) atoms. The second kappa shape index (κ2) is 16.9. The Kier molecular flexibility index (Phi) is 12.8. The second-order valence-corrected chi connectivity index (χ2v) is 15.2. The summed E-state index contributed by atoms with van der Waals surface area (Å²) in [4.78, 5) is 59.5. The highest BCUT2D eigenvalue weighted by atomic mass is 79.9. The molecule has 12 heteroatoms. The third-order valence-corrected chi connectivity index (χ3v) is 11.3. The molecule has 10 nitrogen and oxygen atoms in total. The fourth-order valence-corrected chi connectivity index (χ4v) is 9.23. The van der Waals surface area contributed by atoms with Gasteiger partial charge in [0.2, 0.25) is 11.8 Å². The van der Waals surface area contributed by atoms with Crippen molar-refractivity contribution in [3.05, 3.63) is 90.0 Å². The summed E-state index contributed by atoms with van der Waals surface area (Å²) in [5, 5.41) is 12.7. The van der Waals surface area contributed by atoms with E-state index >= 15 is 0 Å². The number of aliphatic hydroxyl groups excluding tert-OH is 1. The predicted molar refractivity (Wildman–Crippen MR) is 199 cm³/mol. The molecule has 3 aliphatic rings. The topological polar surface area (TPSA) is 125 Å². The number of hydrogen-bond donors (Lipinski definition) is 2. The Morgan fingerprint density at radius 3 is 2.57 bits per heavy atom. The summed E-state index contributed by atoms with van der Waals surface area (Å²) in [6.07, 6.45) is 4.49. The highest BCUT2D eigenvalue weighted by Crippen LogP contribution is 2.60. The molecule has 3 heterocycles. The maximum atomic E-state index is 15.0. The highest BCUT2D eigenvalue weighted by molar-refractivity contribution is 9.09. The lowest BCUT2D eigenvalue weighted by Crippen LogP contribution is -2.57. The number of amides is 3. The van der Waals surface area contributed by atoms with Crippen LogP contribution in [0, 0.1) is 18.8 Å². The molecule has 2 aromatic carbocycles. The summed E-state index contributed by atoms with van der Waals surface area (Å²) in [5.41, 5.74) is 0.655. The standard InChI is InChI=1S/C39H47BrClN3O7/c1-5-7-19-29(46)42-25(4)33(26-16-10-8-11-17-26)50-38(49)30-31-36(47)44(21-12-9-13-22-45)35(39(31)23-27(40)34(30)51-39)37(48)43(20-6-2)32-24(3)15-14-18-28(32)41/h5-6,8,10-11,14-18,25,27,30-31,33-35,45H,1-2,7,9,12-13,19-23H2,3-4H3,(H,42,46)/t25-,27?,30-,31+,33-,34-,35-,39+/m1/s1. The van der Waals surface area contributed by atoms with E-state index in [-0.39, 0.29) is 48.7 Å². The molecule has 0 saturated carbocycles. The van der Waals surface area contributed by atoms with Crippen LogP contribution in [0.1, 0.15) is 62.7 Å². The van der Waals surface area contributed by atoms with Gasteiger partial charge in [-0.3, -0.25) is 19.2 Å². The number of anilines is 1. The maximum Gasteiger partial charge on any atom is 0.313 e. The van der Waals surface area contributed by atoms with Crippen molar-refractivity contribution in [2.45, 2.75) is 87.1 Å². The van der Waals surface area contributed by atoms with Crippen LogP contribution in [0.2, 0.25) is 5.02 Å². The average molecular weight is 785 g/mol. The first-order valence-corrected chi connectivity index (χ1v) is 18.9. The van der Waals surface area contributed by atoms with Crippen LogP contribution in [-0.4, -0.2) is 82.0 Å². The zero-order valence-corrected chi connectivity index (χ0v) is 31.5. The van der Waals surface area contributed by atoms with Gasteiger partial charge in [-0.25, -0.2) is 0 Å². The largest absolute Gasteiger partial charge is 0.455 e. The Bertz CT molecular complexity index is 1600. The molecule has 0 aliphatic carbocycles. The number of benzene rings is 2. The monoisotopic (exact) mass is 783 g/mol. The van der Waals surface area contributed by atoms with E-state index in [0.717, 1.165) is 5.56 Å². The van der Waals surface area contributed by atoms with E-state index in [4.69, 9.17) is 21.1 Å². The van der Waals surface area contributed by atoms with Crippen molar-refractivity contribution in [2.75, 3.05) is 24.6 Å². The third-order valence-electron chi connectivity index (χ3n) is 10.2. The number of carbonyl (C=O) groups is 4. The number of alkyl halides is 1. The van der Waals surface area contributed by atoms with Gasteiger partial charge >= 0.3 is 5.97 Å². The number of carbonyl (C=O) groups excluding carboxylic acids is 4. The summed E-state index contributed by atoms with van der Waals surface area (Å²) in [5.74, 6) is -3.57. The van der Waals surface area contributed by atoms with E-state index in [2.05, 4.69) is 34.4 Å². The Hall–Kier alpha value is -3.51. The predicted octanol–water partition coefficient (Wildman–Crippen LogP) is 5.83. The van der Waals surface area contributed by atoms with Crippen molar-refractivity contribution < 1.29 is 33.8 Å². The number of aliphatic hydroxyl groups is 1. The van der Waals surface area contributed by atoms with Gasteiger partial charge in [-0.1, -0.05) is 82.1 Å². The average Bonchev–Trinajstić information content (AvgIpc) is 3.70. The van der Waals surface area contributed by atoms with Gasteiger partial charge < -0.3 is 29.7 Å². The summed E-state index contributed by atoms with van der Waals surface area (Å²) in [6.45, 7) is 11.6. The number of unbranched alkanes of at least 4 members (excludes halogenated alkanes) is 2. The number of nitrogens with one attached hydrogen (secondary N) is 1. The number of rotatable bonds is 17. The van der Waals surface area contributed by atoms with Crippen molar-refractivity contribution in [1.82, 2.24) is 10.2 Å². The quantitative estimate of drug-likeness (QED) is 0.0895. The normalized spacial score (nSPS) is 25.9. The number of fused-ring (bicyclic) bond motifs is 1. The second-order valence-electron chi connectivity index (χ2n) is 13.6. The number of aryl methyl sites for hydroxylation is 1. The smallest absolute Gasteiger partial charge is 0.313 e. The van der Waals surface area contributed by atoms with Gasteiger partial charge in [-0.05, 0) is 63.1 Å². The van der Waals surface area contributed by atoms with Crippen LogP contribution in [-0.2, 0) is 28.7 Å². The molecule has 0 radical (unpaired) electrons. The van der Waals surface area contributed by atoms with Gasteiger partial charge in [-0.15, -0.1) is 13.2 Å². The van der Waals surface area contributed by atoms with E-state index < -0.39 is 47.7 Å². The zero-order chi connectivity index (χ0) is 36.9. The van der Waals surface area contributed by atoms with Gasteiger partial charge in [-0.2, -0.15) is 0 Å². The molecule has 3 aliphatic heterocycles. The van der Waals surface area contributed by atoms with Gasteiger partial charge in [0.15, 0.2) is 0 Å². The number of allylic oxidation sites excluding steroid dienone is 1. The van der Waals surface area contributed by atoms with E-state index in [0.29, 0.717) is 48.4 Å². The van der Waals surface area contributed by atoms with Crippen LogP contribution in [0.4, 0.5) is 5.69 Å². The fraction of sp³-hybridized carbons (Fsp3) is 0.487. The van der Waals surface area contributed by atoms with Crippen LogP contribution in [0.5, 0.6) is 0 Å². The van der Waals surface area contributed by atoms with E-state index in [1.807, 2.05) is 49.4 Å². The summed E-state index contributed by atoms with van der Waals surface area (Å²) < 4.78 is 13.0. The van der Waals surface area contributed by atoms with E-state index in [1.54, 1.807) is 34.9 Å². The van der Waals surface area contributed by atoms with Crippen LogP contribution >= 0.6 is 27.5 Å². The SMILES string of the molecule is C=CCCC(=O)N[C@H](C)[C@@H](OC(=O)[C@H]1[C@@H]2O[C@@]3(CC2Br)[C@@H]1C(=O)N(CCCCCO)[C@@H]3C(=O)N(CC=C)c1c(C)cccc1Cl)c1ccccc1. The highest BCUT2D eigenvalue weighted by Gasteiger charge is 2.77. The molecule has 8 atom stereocenters. The Balaban J connectivity index is 1.52. The molecule has 2 bridgehead atoms. The molecular formula is C39H47BrClN3O7. The summed E-state index contributed by atoms with van der Waals surface area (Å²) in [6, 6.07) is 12.9. The Morgan fingerprint density at radius 1 is 1.16 bits per heavy atom.